The zero-order valence-electron chi connectivity index (χ0n) is 45.8. The standard InChI is InChI=1S/C54H49N11O18S5/c1-18(78-3)34-31-7-21(13-84-31)45(72)64-37-43-42(70)53(76)80-10-20-5-4-6-29-33(20)23(11-79-43)38(65(29)77)52(75)81-12-24(57-47(74)28-17-88-51(37)61-28)49-58-25(14-86-49)35-22(48-60-27(16-85-48)46(73)56-9-32(66)62-34)8-30(36(63-35)50-59-26(15-87-50)44(55)71)83-54-41(69)40(68)39(67)19(2)82-54/h4-8,13-19,24,34,37,39-43,54,67-70,77H,9-12H2,1-3H3,(H2,55,71)(H,56,73)(H,57,74)(H,62,66)(H,64,72). The number of nitrogens with zero attached hydrogens (tertiary/aromatic N) is 6. The van der Waals surface area contributed by atoms with Gasteiger partial charge in [-0.2, -0.15) is 4.73 Å². The van der Waals surface area contributed by atoms with Crippen LogP contribution in [0.3, 0.4) is 0 Å². The van der Waals surface area contributed by atoms with Crippen molar-refractivity contribution in [3.8, 4) is 38.4 Å². The molecule has 11 atom stereocenters. The third-order valence-electron chi connectivity index (χ3n) is 14.8. The minimum absolute atomic E-state index is 0.00581. The van der Waals surface area contributed by atoms with Gasteiger partial charge in [-0.05, 0) is 37.6 Å². The van der Waals surface area contributed by atoms with Crippen LogP contribution in [0.1, 0.15) is 110 Å². The van der Waals surface area contributed by atoms with Crippen molar-refractivity contribution in [1.29, 1.82) is 0 Å². The summed E-state index contributed by atoms with van der Waals surface area (Å²) in [5.74, 6) is -6.50. The lowest BCUT2D eigenvalue weighted by molar-refractivity contribution is -0.268. The highest BCUT2D eigenvalue weighted by Crippen LogP contribution is 2.43. The lowest BCUT2D eigenvalue weighted by Gasteiger charge is -2.39. The Balaban J connectivity index is 1.04. The first-order valence-corrected chi connectivity index (χ1v) is 31.0. The van der Waals surface area contributed by atoms with Crippen LogP contribution in [0.2, 0.25) is 0 Å². The Kier molecular flexibility index (Phi) is 16.6. The number of benzene rings is 1. The highest BCUT2D eigenvalue weighted by molar-refractivity contribution is 7.14. The SMILES string of the molecule is COC(C)C1NC(=O)CNC(=O)c2csc(n2)-c2cc(OC3OC(C)C(O)C(O)C3O)c(-c3nc(C(N)=O)cs3)nc2-c2csc(n2)C2COC(=O)c3c4c5c(cccc5n3O)COC(=O)C(O)C(OC4)C(NC(=O)c3csc1c3)c1nc(cs1)C(=O)N2. The number of pyridine rings is 1. The minimum atomic E-state index is -2.16. The van der Waals surface area contributed by atoms with Crippen molar-refractivity contribution >= 4 is 109 Å². The Morgan fingerprint density at radius 1 is 0.784 bits per heavy atom. The molecule has 11 unspecified atom stereocenters. The molecular formula is C54H49N11O18S5. The number of thiophene rings is 1. The van der Waals surface area contributed by atoms with Gasteiger partial charge >= 0.3 is 11.9 Å². The van der Waals surface area contributed by atoms with Crippen LogP contribution in [0.4, 0.5) is 0 Å². The molecule has 0 saturated carbocycles. The number of amides is 5. The van der Waals surface area contributed by atoms with Crippen LogP contribution >= 0.6 is 56.7 Å². The zero-order valence-corrected chi connectivity index (χ0v) is 49.9. The fraction of sp³-hybridized carbons (Fsp3) is 0.333. The summed E-state index contributed by atoms with van der Waals surface area (Å²) in [6.45, 7) is 0.821. The molecule has 34 heteroatoms. The number of hydrogen-bond donors (Lipinski definition) is 10. The van der Waals surface area contributed by atoms with Crippen molar-refractivity contribution in [3.63, 3.8) is 0 Å². The quantitative estimate of drug-likeness (QED) is 0.0844. The first kappa shape index (κ1) is 60.0. The van der Waals surface area contributed by atoms with E-state index >= 15 is 0 Å². The van der Waals surface area contributed by atoms with Gasteiger partial charge in [-0.15, -0.1) is 56.7 Å². The lowest BCUT2D eigenvalue weighted by Crippen LogP contribution is -2.58. The van der Waals surface area contributed by atoms with Crippen LogP contribution in [-0.2, 0) is 46.5 Å². The van der Waals surface area contributed by atoms with E-state index < -0.39 is 141 Å². The number of aliphatic hydroxyl groups excluding tert-OH is 4. The van der Waals surface area contributed by atoms with E-state index in [1.54, 1.807) is 19.1 Å². The number of cyclic esters (lactones) is 2. The Labute approximate surface area is 515 Å². The van der Waals surface area contributed by atoms with Crippen molar-refractivity contribution in [3.05, 3.63) is 112 Å². The van der Waals surface area contributed by atoms with Crippen molar-refractivity contribution in [2.24, 2.45) is 5.73 Å². The number of aliphatic hydroxyl groups is 4. The van der Waals surface area contributed by atoms with Crippen LogP contribution in [-0.4, -0.2) is 166 Å². The molecule has 8 aromatic rings. The fourth-order valence-electron chi connectivity index (χ4n) is 10.1. The highest BCUT2D eigenvalue weighted by atomic mass is 32.1. The zero-order chi connectivity index (χ0) is 62.0. The molecule has 1 saturated heterocycles. The average Bonchev–Trinajstić information content (AvgIpc) is 1.66. The van der Waals surface area contributed by atoms with Gasteiger partial charge in [0, 0.05) is 55.4 Å². The van der Waals surface area contributed by atoms with Crippen LogP contribution in [0.15, 0.2) is 57.2 Å². The van der Waals surface area contributed by atoms with Crippen molar-refractivity contribution in [2.45, 2.75) is 94.2 Å². The van der Waals surface area contributed by atoms with Gasteiger partial charge in [-0.3, -0.25) is 24.0 Å². The first-order chi connectivity index (χ1) is 42.2. The maximum atomic E-state index is 14.7. The van der Waals surface area contributed by atoms with Crippen molar-refractivity contribution in [1.82, 2.24) is 50.9 Å². The number of carbonyl (C=O) groups is 7. The van der Waals surface area contributed by atoms with E-state index in [9.17, 15) is 59.2 Å². The molecular weight excluding hydrogens is 1250 g/mol. The second-order valence-corrected chi connectivity index (χ2v) is 24.8. The van der Waals surface area contributed by atoms with Gasteiger partial charge in [0.2, 0.25) is 12.2 Å². The van der Waals surface area contributed by atoms with E-state index in [0.717, 1.165) is 56.7 Å². The van der Waals surface area contributed by atoms with Crippen LogP contribution in [0.25, 0.3) is 43.6 Å². The number of nitrogens with two attached hydrogens (primary N) is 1. The third-order valence-corrected chi connectivity index (χ3v) is 19.4. The van der Waals surface area contributed by atoms with E-state index in [1.165, 1.54) is 59.1 Å². The molecule has 29 nitrogen and oxygen atoms in total. The predicted octanol–water partition coefficient (Wildman–Crippen LogP) is 2.52. The number of thiazole rings is 4. The average molecular weight is 1300 g/mol. The summed E-state index contributed by atoms with van der Waals surface area (Å²) in [5, 5.41) is 74.9. The van der Waals surface area contributed by atoms with Gasteiger partial charge in [0.05, 0.1) is 42.5 Å². The monoisotopic (exact) mass is 1300 g/mol. The smallest absolute Gasteiger partial charge is 0.358 e. The number of primary amides is 1. The molecule has 0 radical (unpaired) electrons. The molecule has 0 spiro atoms. The summed E-state index contributed by atoms with van der Waals surface area (Å²) in [5.41, 5.74) is 5.13. The highest BCUT2D eigenvalue weighted by Gasteiger charge is 2.45. The van der Waals surface area contributed by atoms with Crippen LogP contribution < -0.4 is 31.7 Å². The summed E-state index contributed by atoms with van der Waals surface area (Å²) in [4.78, 5) is 122. The second-order valence-electron chi connectivity index (χ2n) is 20.4. The maximum absolute atomic E-state index is 14.7. The van der Waals surface area contributed by atoms with Crippen LogP contribution in [0, 0.1) is 0 Å². The fourth-order valence-corrected chi connectivity index (χ4v) is 14.5. The molecule has 88 heavy (non-hydrogen) atoms. The molecule has 7 aromatic heterocycles. The predicted molar refractivity (Wildman–Crippen MR) is 309 cm³/mol. The molecule has 0 aliphatic carbocycles. The Hall–Kier alpha value is -8.26. The van der Waals surface area contributed by atoms with Gasteiger partial charge < -0.3 is 81.1 Å². The summed E-state index contributed by atoms with van der Waals surface area (Å²) < 4.78 is 36.4. The van der Waals surface area contributed by atoms with Gasteiger partial charge in [0.15, 0.2) is 17.5 Å². The molecule has 11 N–H and O–H groups in total. The molecule has 458 valence electrons. The number of hydrogen-bond acceptors (Lipinski definition) is 28. The largest absolute Gasteiger partial charge is 0.460 e. The number of ether oxygens (including phenoxy) is 6. The molecule has 5 amide bonds. The molecule has 11 heterocycles. The Morgan fingerprint density at radius 2 is 1.53 bits per heavy atom. The van der Waals surface area contributed by atoms with Crippen molar-refractivity contribution < 1.29 is 87.6 Å². The molecule has 1 fully saturated rings. The first-order valence-electron chi connectivity index (χ1n) is 26.6. The molecule has 4 aliphatic rings. The number of aromatic nitrogens is 6. The number of methoxy groups -OCH3 is 1. The molecule has 4 aliphatic heterocycles. The van der Waals surface area contributed by atoms with Gasteiger partial charge in [0.25, 0.3) is 23.6 Å². The lowest BCUT2D eigenvalue weighted by atomic mass is 10.00. The summed E-state index contributed by atoms with van der Waals surface area (Å²) in [6.07, 6.45) is -12.4. The van der Waals surface area contributed by atoms with Gasteiger partial charge in [-0.25, -0.2) is 34.5 Å². The van der Waals surface area contributed by atoms with Crippen LogP contribution in [0.5, 0.6) is 5.75 Å². The van der Waals surface area contributed by atoms with Crippen molar-refractivity contribution in [2.75, 3.05) is 20.3 Å². The number of esters is 2. The normalized spacial score (nSPS) is 24.9. The van der Waals surface area contributed by atoms with E-state index in [-0.39, 0.29) is 87.5 Å². The maximum Gasteiger partial charge on any atom is 0.358 e. The molecule has 12 bridgehead atoms. The molecule has 12 rings (SSSR count). The Bertz CT molecular complexity index is 4100. The van der Waals surface area contributed by atoms with E-state index in [4.69, 9.17) is 44.1 Å². The second kappa shape index (κ2) is 24.4. The number of rotatable bonds is 6. The summed E-state index contributed by atoms with van der Waals surface area (Å²) in [7, 11) is 1.41. The number of fused-ring (bicyclic) bond motifs is 15. The Morgan fingerprint density at radius 3 is 2.32 bits per heavy atom. The molecule has 1 aromatic carbocycles. The summed E-state index contributed by atoms with van der Waals surface area (Å²) >= 11 is 4.78. The third kappa shape index (κ3) is 11.4. The van der Waals surface area contributed by atoms with E-state index in [2.05, 4.69) is 36.2 Å². The number of carbonyl (C=O) groups excluding carboxylic acids is 7. The minimum Gasteiger partial charge on any atom is -0.460 e. The topological polar surface area (TPSA) is 420 Å². The summed E-state index contributed by atoms with van der Waals surface area (Å²) in [6, 6.07) is 3.69. The van der Waals surface area contributed by atoms with E-state index in [0.29, 0.717) is 15.2 Å². The van der Waals surface area contributed by atoms with Gasteiger partial charge in [-0.1, -0.05) is 12.1 Å². The van der Waals surface area contributed by atoms with E-state index in [1.807, 2.05) is 0 Å². The number of nitrogens with one attached hydrogen (secondary N) is 4. The van der Waals surface area contributed by atoms with Gasteiger partial charge in [0.1, 0.15) is 104 Å².